The summed E-state index contributed by atoms with van der Waals surface area (Å²) in [5.41, 5.74) is 3.44. The number of nitrogens with zero attached hydrogens (tertiary/aromatic N) is 2. The third kappa shape index (κ3) is 6.79. The normalized spacial score (nSPS) is 18.5. The summed E-state index contributed by atoms with van der Waals surface area (Å²) in [4.78, 5) is 19.0. The topological polar surface area (TPSA) is 83.9 Å². The quantitative estimate of drug-likeness (QED) is 0.371. The van der Waals surface area contributed by atoms with E-state index in [1.165, 1.54) is 25.2 Å². The first-order valence-corrected chi connectivity index (χ1v) is 13.6. The number of carbonyl (C=O) groups is 1. The van der Waals surface area contributed by atoms with Gasteiger partial charge >= 0.3 is 5.97 Å². The van der Waals surface area contributed by atoms with Crippen LogP contribution in [0, 0.1) is 5.82 Å². The second-order valence-electron chi connectivity index (χ2n) is 10.4. The van der Waals surface area contributed by atoms with Crippen molar-refractivity contribution in [3.05, 3.63) is 52.5 Å². The summed E-state index contributed by atoms with van der Waals surface area (Å²) < 4.78 is 26.0. The average molecular weight is 514 g/mol. The molecule has 1 aromatic carbocycles. The van der Waals surface area contributed by atoms with Gasteiger partial charge in [0.2, 0.25) is 0 Å². The van der Waals surface area contributed by atoms with E-state index in [1.807, 2.05) is 18.7 Å². The first-order chi connectivity index (χ1) is 17.9. The highest BCUT2D eigenvalue weighted by atomic mass is 19.1. The smallest absolute Gasteiger partial charge is 0.325 e. The van der Waals surface area contributed by atoms with E-state index < -0.39 is 12.0 Å². The zero-order chi connectivity index (χ0) is 26.4. The predicted molar refractivity (Wildman–Crippen MR) is 142 cm³/mol. The second-order valence-corrected chi connectivity index (χ2v) is 10.4. The SMILES string of the molecule is COc1cc(F)c(C(C)C)cc1C(C(=O)O)N1CC[C@@H](OCCCCCc2ccc3c(n2)NCCC3)C1. The number of hydrogen-bond acceptors (Lipinski definition) is 6. The number of fused-ring (bicyclic) bond motifs is 1. The molecular formula is C29H40FN3O4. The van der Waals surface area contributed by atoms with Gasteiger partial charge < -0.3 is 19.9 Å². The molecule has 8 heteroatoms. The lowest BCUT2D eigenvalue weighted by atomic mass is 9.95. The van der Waals surface area contributed by atoms with Gasteiger partial charge in [0.1, 0.15) is 23.4 Å². The number of halogens is 1. The summed E-state index contributed by atoms with van der Waals surface area (Å²) >= 11 is 0. The Morgan fingerprint density at radius 2 is 2.08 bits per heavy atom. The van der Waals surface area contributed by atoms with E-state index in [1.54, 1.807) is 6.07 Å². The number of aromatic nitrogens is 1. The summed E-state index contributed by atoms with van der Waals surface area (Å²) in [6, 6.07) is 6.41. The Hall–Kier alpha value is -2.71. The first kappa shape index (κ1) is 27.3. The molecule has 0 aliphatic carbocycles. The van der Waals surface area contributed by atoms with Crippen molar-refractivity contribution in [1.82, 2.24) is 9.88 Å². The van der Waals surface area contributed by atoms with Crippen molar-refractivity contribution in [2.24, 2.45) is 0 Å². The molecule has 1 fully saturated rings. The maximum Gasteiger partial charge on any atom is 0.325 e. The van der Waals surface area contributed by atoms with Crippen LogP contribution < -0.4 is 10.1 Å². The van der Waals surface area contributed by atoms with Gasteiger partial charge in [0.05, 0.1) is 13.2 Å². The fourth-order valence-corrected chi connectivity index (χ4v) is 5.38. The van der Waals surface area contributed by atoms with Gasteiger partial charge in [-0.05, 0) is 67.7 Å². The third-order valence-electron chi connectivity index (χ3n) is 7.42. The predicted octanol–water partition coefficient (Wildman–Crippen LogP) is 5.34. The number of carboxylic acid groups (broad SMARTS) is 1. The van der Waals surface area contributed by atoms with Crippen molar-refractivity contribution in [1.29, 1.82) is 0 Å². The maximum absolute atomic E-state index is 14.5. The summed E-state index contributed by atoms with van der Waals surface area (Å²) in [5.74, 6) is -0.0831. The van der Waals surface area contributed by atoms with Crippen LogP contribution in [0.4, 0.5) is 10.2 Å². The van der Waals surface area contributed by atoms with Crippen LogP contribution in [-0.4, -0.2) is 60.4 Å². The molecule has 1 saturated heterocycles. The van der Waals surface area contributed by atoms with Crippen LogP contribution in [0.3, 0.4) is 0 Å². The number of benzene rings is 1. The highest BCUT2D eigenvalue weighted by molar-refractivity contribution is 5.77. The molecule has 0 radical (unpaired) electrons. The van der Waals surface area contributed by atoms with Gasteiger partial charge in [-0.2, -0.15) is 0 Å². The number of rotatable bonds is 12. The summed E-state index contributed by atoms with van der Waals surface area (Å²) in [7, 11) is 1.45. The van der Waals surface area contributed by atoms with E-state index in [-0.39, 0.29) is 23.6 Å². The minimum Gasteiger partial charge on any atom is -0.496 e. The molecule has 0 saturated carbocycles. The molecule has 2 aromatic rings. The number of hydrogen-bond donors (Lipinski definition) is 2. The Morgan fingerprint density at radius 3 is 2.84 bits per heavy atom. The number of anilines is 1. The maximum atomic E-state index is 14.5. The Balaban J connectivity index is 1.25. The van der Waals surface area contributed by atoms with E-state index in [4.69, 9.17) is 14.5 Å². The summed E-state index contributed by atoms with van der Waals surface area (Å²) in [6.07, 6.45) is 7.09. The number of likely N-dealkylation sites (tertiary alicyclic amines) is 1. The van der Waals surface area contributed by atoms with Gasteiger partial charge in [-0.3, -0.25) is 9.69 Å². The monoisotopic (exact) mass is 513 g/mol. The van der Waals surface area contributed by atoms with Crippen LogP contribution in [0.1, 0.15) is 80.3 Å². The molecule has 2 atom stereocenters. The van der Waals surface area contributed by atoms with E-state index in [2.05, 4.69) is 17.4 Å². The summed E-state index contributed by atoms with van der Waals surface area (Å²) in [6.45, 7) is 6.59. The Kier molecular flexibility index (Phi) is 9.38. The Morgan fingerprint density at radius 1 is 1.24 bits per heavy atom. The molecule has 1 aromatic heterocycles. The zero-order valence-electron chi connectivity index (χ0n) is 22.3. The highest BCUT2D eigenvalue weighted by Crippen LogP contribution is 2.36. The zero-order valence-corrected chi connectivity index (χ0v) is 22.3. The minimum atomic E-state index is -0.966. The van der Waals surface area contributed by atoms with Crippen molar-refractivity contribution in [2.75, 3.05) is 38.7 Å². The number of aliphatic carboxylic acids is 1. The van der Waals surface area contributed by atoms with Gasteiger partial charge in [0, 0.05) is 43.6 Å². The first-order valence-electron chi connectivity index (χ1n) is 13.6. The fourth-order valence-electron chi connectivity index (χ4n) is 5.38. The van der Waals surface area contributed by atoms with Crippen LogP contribution in [0.15, 0.2) is 24.3 Å². The molecule has 7 nitrogen and oxygen atoms in total. The number of pyridine rings is 1. The highest BCUT2D eigenvalue weighted by Gasteiger charge is 2.36. The molecule has 4 rings (SSSR count). The van der Waals surface area contributed by atoms with Crippen molar-refractivity contribution in [2.45, 2.75) is 76.9 Å². The lowest BCUT2D eigenvalue weighted by Crippen LogP contribution is -2.34. The molecule has 1 unspecified atom stereocenters. The van der Waals surface area contributed by atoms with Crippen LogP contribution in [0.25, 0.3) is 0 Å². The number of carboxylic acids is 1. The molecule has 202 valence electrons. The van der Waals surface area contributed by atoms with Gasteiger partial charge in [-0.15, -0.1) is 0 Å². The number of nitrogens with one attached hydrogen (secondary N) is 1. The van der Waals surface area contributed by atoms with Crippen molar-refractivity contribution >= 4 is 11.8 Å². The van der Waals surface area contributed by atoms with E-state index in [9.17, 15) is 14.3 Å². The lowest BCUT2D eigenvalue weighted by molar-refractivity contribution is -0.143. The number of methoxy groups -OCH3 is 1. The van der Waals surface area contributed by atoms with E-state index in [0.29, 0.717) is 30.8 Å². The van der Waals surface area contributed by atoms with Crippen molar-refractivity contribution < 1.29 is 23.8 Å². The number of unbranched alkanes of at least 4 members (excludes halogenated alkanes) is 2. The van der Waals surface area contributed by atoms with Crippen molar-refractivity contribution in [3.8, 4) is 5.75 Å². The molecular weight excluding hydrogens is 473 g/mol. The number of ether oxygens (including phenoxy) is 2. The van der Waals surface area contributed by atoms with Gasteiger partial charge in [-0.25, -0.2) is 9.37 Å². The molecule has 37 heavy (non-hydrogen) atoms. The Labute approximate surface area is 219 Å². The van der Waals surface area contributed by atoms with Crippen LogP contribution in [0.5, 0.6) is 5.75 Å². The molecule has 0 amide bonds. The molecule has 3 heterocycles. The van der Waals surface area contributed by atoms with Gasteiger partial charge in [0.15, 0.2) is 0 Å². The largest absolute Gasteiger partial charge is 0.496 e. The van der Waals surface area contributed by atoms with Crippen LogP contribution in [-0.2, 0) is 22.4 Å². The van der Waals surface area contributed by atoms with E-state index >= 15 is 0 Å². The standard InChI is InChI=1S/C29H40FN3O4/c1-19(2)23-16-24(26(36-3)17-25(23)30)27(29(34)35)33-14-12-22(18-33)37-15-6-4-5-9-21-11-10-20-8-7-13-31-28(20)32-21/h10-11,16-17,19,22,27H,4-9,12-15,18H2,1-3H3,(H,31,32)(H,34,35)/t22-,27?/m1/s1. The lowest BCUT2D eigenvalue weighted by Gasteiger charge is -2.27. The molecule has 2 aliphatic heterocycles. The second kappa shape index (κ2) is 12.7. The summed E-state index contributed by atoms with van der Waals surface area (Å²) in [5, 5.41) is 13.5. The Bertz CT molecular complexity index is 1080. The third-order valence-corrected chi connectivity index (χ3v) is 7.42. The average Bonchev–Trinajstić information content (AvgIpc) is 3.34. The van der Waals surface area contributed by atoms with Crippen molar-refractivity contribution in [3.63, 3.8) is 0 Å². The molecule has 0 bridgehead atoms. The van der Waals surface area contributed by atoms with E-state index in [0.717, 1.165) is 56.6 Å². The number of aryl methyl sites for hydroxylation is 2. The molecule has 2 N–H and O–H groups in total. The van der Waals surface area contributed by atoms with Crippen LogP contribution in [0.2, 0.25) is 0 Å². The molecule has 0 spiro atoms. The van der Waals surface area contributed by atoms with Crippen LogP contribution >= 0.6 is 0 Å². The van der Waals surface area contributed by atoms with Gasteiger partial charge in [-0.1, -0.05) is 26.3 Å². The minimum absolute atomic E-state index is 0.00810. The molecule has 2 aliphatic rings. The van der Waals surface area contributed by atoms with Gasteiger partial charge in [0.25, 0.3) is 0 Å². The fraction of sp³-hybridized carbons (Fsp3) is 0.586.